The predicted octanol–water partition coefficient (Wildman–Crippen LogP) is 2.84. The first-order valence-corrected chi connectivity index (χ1v) is 5.83. The summed E-state index contributed by atoms with van der Waals surface area (Å²) in [6.07, 6.45) is -0.875. The minimum atomic E-state index is -0.981. The summed E-state index contributed by atoms with van der Waals surface area (Å²) in [5, 5.41) is 8.89. The summed E-state index contributed by atoms with van der Waals surface area (Å²) in [6.45, 7) is 7.64. The van der Waals surface area contributed by atoms with Crippen LogP contribution in [0.5, 0.6) is 11.5 Å². The number of rotatable bonds is 4. The number of methoxy groups -OCH3 is 1. The van der Waals surface area contributed by atoms with E-state index in [1.807, 2.05) is 26.8 Å². The third kappa shape index (κ3) is 3.39. The molecule has 18 heavy (non-hydrogen) atoms. The summed E-state index contributed by atoms with van der Waals surface area (Å²) >= 11 is 0. The number of carboxylic acids is 1. The predicted molar refractivity (Wildman–Crippen MR) is 69.4 cm³/mol. The molecule has 1 aromatic carbocycles. The molecule has 0 amide bonds. The van der Waals surface area contributed by atoms with E-state index in [9.17, 15) is 4.79 Å². The zero-order valence-corrected chi connectivity index (χ0v) is 11.5. The van der Waals surface area contributed by atoms with Gasteiger partial charge in [0.25, 0.3) is 0 Å². The van der Waals surface area contributed by atoms with Crippen LogP contribution in [-0.2, 0) is 10.2 Å². The van der Waals surface area contributed by atoms with Crippen LogP contribution in [0.1, 0.15) is 33.3 Å². The lowest BCUT2D eigenvalue weighted by molar-refractivity contribution is -0.144. The van der Waals surface area contributed by atoms with Crippen LogP contribution < -0.4 is 9.47 Å². The van der Waals surface area contributed by atoms with Crippen LogP contribution in [0.2, 0.25) is 0 Å². The molecule has 0 fully saturated rings. The van der Waals surface area contributed by atoms with Crippen molar-refractivity contribution in [3.63, 3.8) is 0 Å². The highest BCUT2D eigenvalue weighted by Gasteiger charge is 2.22. The molecule has 4 heteroatoms. The molecule has 1 unspecified atom stereocenters. The molecule has 0 bridgehead atoms. The maximum atomic E-state index is 10.8. The highest BCUT2D eigenvalue weighted by Crippen LogP contribution is 2.34. The van der Waals surface area contributed by atoms with Crippen LogP contribution >= 0.6 is 0 Å². The van der Waals surface area contributed by atoms with Gasteiger partial charge in [0.2, 0.25) is 0 Å². The van der Waals surface area contributed by atoms with Gasteiger partial charge >= 0.3 is 5.97 Å². The average molecular weight is 252 g/mol. The zero-order chi connectivity index (χ0) is 13.9. The van der Waals surface area contributed by atoms with E-state index >= 15 is 0 Å². The van der Waals surface area contributed by atoms with E-state index in [2.05, 4.69) is 0 Å². The number of benzene rings is 1. The Balaban J connectivity index is 3.14. The van der Waals surface area contributed by atoms with Gasteiger partial charge in [0.05, 0.1) is 7.11 Å². The molecule has 1 aromatic rings. The second-order valence-electron chi connectivity index (χ2n) is 5.21. The van der Waals surface area contributed by atoms with Crippen molar-refractivity contribution >= 4 is 5.97 Å². The number of ether oxygens (including phenoxy) is 2. The van der Waals surface area contributed by atoms with E-state index < -0.39 is 12.1 Å². The smallest absolute Gasteiger partial charge is 0.344 e. The fourth-order valence-corrected chi connectivity index (χ4v) is 1.57. The number of aliphatic carboxylic acids is 1. The van der Waals surface area contributed by atoms with Crippen molar-refractivity contribution in [1.82, 2.24) is 0 Å². The lowest BCUT2D eigenvalue weighted by Crippen LogP contribution is -2.25. The first kappa shape index (κ1) is 14.4. The van der Waals surface area contributed by atoms with Crippen LogP contribution in [0.4, 0.5) is 0 Å². The fourth-order valence-electron chi connectivity index (χ4n) is 1.57. The molecule has 0 aliphatic rings. The third-order valence-electron chi connectivity index (χ3n) is 2.65. The van der Waals surface area contributed by atoms with Gasteiger partial charge in [-0.05, 0) is 30.5 Å². The Hall–Kier alpha value is -1.71. The minimum absolute atomic E-state index is 0.151. The Labute approximate surface area is 108 Å². The van der Waals surface area contributed by atoms with Crippen molar-refractivity contribution in [3.05, 3.63) is 23.8 Å². The molecule has 0 spiro atoms. The molecule has 1 atom stereocenters. The number of carbonyl (C=O) groups is 1. The van der Waals surface area contributed by atoms with Crippen molar-refractivity contribution in [3.8, 4) is 11.5 Å². The van der Waals surface area contributed by atoms with Crippen molar-refractivity contribution in [2.75, 3.05) is 7.11 Å². The Morgan fingerprint density at radius 3 is 2.39 bits per heavy atom. The van der Waals surface area contributed by atoms with Gasteiger partial charge in [-0.1, -0.05) is 20.8 Å². The fraction of sp³-hybridized carbons (Fsp3) is 0.500. The van der Waals surface area contributed by atoms with Gasteiger partial charge in [0, 0.05) is 5.56 Å². The van der Waals surface area contributed by atoms with E-state index in [1.54, 1.807) is 19.2 Å². The molecule has 0 aromatic heterocycles. The number of hydrogen-bond acceptors (Lipinski definition) is 3. The van der Waals surface area contributed by atoms with Crippen molar-refractivity contribution in [2.24, 2.45) is 0 Å². The van der Waals surface area contributed by atoms with Gasteiger partial charge in [0.1, 0.15) is 11.5 Å². The maximum absolute atomic E-state index is 10.8. The summed E-state index contributed by atoms with van der Waals surface area (Å²) in [6, 6.07) is 5.39. The topological polar surface area (TPSA) is 55.8 Å². The molecular weight excluding hydrogens is 232 g/mol. The zero-order valence-electron chi connectivity index (χ0n) is 11.5. The molecule has 100 valence electrons. The van der Waals surface area contributed by atoms with E-state index in [-0.39, 0.29) is 5.41 Å². The van der Waals surface area contributed by atoms with Gasteiger partial charge in [-0.25, -0.2) is 4.79 Å². The molecule has 0 radical (unpaired) electrons. The summed E-state index contributed by atoms with van der Waals surface area (Å²) in [7, 11) is 1.60. The quantitative estimate of drug-likeness (QED) is 0.895. The lowest BCUT2D eigenvalue weighted by Gasteiger charge is -2.24. The van der Waals surface area contributed by atoms with Gasteiger partial charge in [0.15, 0.2) is 6.10 Å². The van der Waals surface area contributed by atoms with Crippen molar-refractivity contribution < 1.29 is 19.4 Å². The second kappa shape index (κ2) is 5.29. The Morgan fingerprint density at radius 1 is 1.33 bits per heavy atom. The summed E-state index contributed by atoms with van der Waals surface area (Å²) in [5.41, 5.74) is 0.775. The van der Waals surface area contributed by atoms with E-state index in [0.717, 1.165) is 11.3 Å². The SMILES string of the molecule is COc1ccc(OC(C)C(=O)O)c(C(C)(C)C)c1. The van der Waals surface area contributed by atoms with Crippen LogP contribution in [0.25, 0.3) is 0 Å². The second-order valence-corrected chi connectivity index (χ2v) is 5.21. The minimum Gasteiger partial charge on any atom is -0.497 e. The highest BCUT2D eigenvalue weighted by atomic mass is 16.5. The van der Waals surface area contributed by atoms with E-state index in [4.69, 9.17) is 14.6 Å². The monoisotopic (exact) mass is 252 g/mol. The third-order valence-corrected chi connectivity index (χ3v) is 2.65. The average Bonchev–Trinajstić information content (AvgIpc) is 2.27. The largest absolute Gasteiger partial charge is 0.497 e. The molecule has 0 saturated carbocycles. The van der Waals surface area contributed by atoms with Crippen LogP contribution in [-0.4, -0.2) is 24.3 Å². The summed E-state index contributed by atoms with van der Waals surface area (Å²) < 4.78 is 10.7. The molecular formula is C14H20O4. The van der Waals surface area contributed by atoms with Gasteiger partial charge in [-0.15, -0.1) is 0 Å². The first-order chi connectivity index (χ1) is 8.25. The molecule has 0 aliphatic heterocycles. The molecule has 4 nitrogen and oxygen atoms in total. The normalized spacial score (nSPS) is 12.9. The van der Waals surface area contributed by atoms with Crippen LogP contribution in [0.3, 0.4) is 0 Å². The summed E-state index contributed by atoms with van der Waals surface area (Å²) in [4.78, 5) is 10.8. The van der Waals surface area contributed by atoms with Crippen LogP contribution in [0, 0.1) is 0 Å². The number of carboxylic acid groups (broad SMARTS) is 1. The molecule has 1 N–H and O–H groups in total. The first-order valence-electron chi connectivity index (χ1n) is 5.83. The Bertz CT molecular complexity index is 432. The molecule has 1 rings (SSSR count). The highest BCUT2D eigenvalue weighted by molar-refractivity contribution is 5.72. The van der Waals surface area contributed by atoms with Crippen molar-refractivity contribution in [1.29, 1.82) is 0 Å². The van der Waals surface area contributed by atoms with Crippen molar-refractivity contribution in [2.45, 2.75) is 39.2 Å². The van der Waals surface area contributed by atoms with Gasteiger partial charge in [-0.3, -0.25) is 0 Å². The summed E-state index contributed by atoms with van der Waals surface area (Å²) in [5.74, 6) is 0.333. The standard InChI is InChI=1S/C14H20O4/c1-9(13(15)16)18-12-7-6-10(17-5)8-11(12)14(2,3)4/h6-9H,1-5H3,(H,15,16). The van der Waals surface area contributed by atoms with Crippen LogP contribution in [0.15, 0.2) is 18.2 Å². The molecule has 0 heterocycles. The van der Waals surface area contributed by atoms with E-state index in [1.165, 1.54) is 6.92 Å². The molecule has 0 aliphatic carbocycles. The van der Waals surface area contributed by atoms with E-state index in [0.29, 0.717) is 5.75 Å². The Kier molecular flexibility index (Phi) is 4.22. The lowest BCUT2D eigenvalue weighted by atomic mass is 9.86. The Morgan fingerprint density at radius 2 is 1.94 bits per heavy atom. The molecule has 0 saturated heterocycles. The number of hydrogen-bond donors (Lipinski definition) is 1. The maximum Gasteiger partial charge on any atom is 0.344 e. The van der Waals surface area contributed by atoms with Gasteiger partial charge in [-0.2, -0.15) is 0 Å². The van der Waals surface area contributed by atoms with Gasteiger partial charge < -0.3 is 14.6 Å².